The number of H-pyrrole nitrogens is 3. The molecule has 16 heteroatoms. The number of ketones is 1. The molecule has 0 spiro atoms. The van der Waals surface area contributed by atoms with Crippen LogP contribution in [-0.4, -0.2) is 97.4 Å². The summed E-state index contributed by atoms with van der Waals surface area (Å²) in [5, 5.41) is 5.78. The van der Waals surface area contributed by atoms with Crippen LogP contribution in [-0.2, 0) is 43.8 Å². The van der Waals surface area contributed by atoms with Crippen molar-refractivity contribution in [2.24, 2.45) is 11.8 Å². The number of esters is 2. The standard InChI is InChI=1S/C63H98N5O10P/c1-12-15-17-19-20-21-22-23-24-25-26-27-28-30-58(70)75-40-47(41-77-79(72,73)76-35-33-68(9,10)11)78-59(71)32-31-49-43(5)52-37-53-44(6)60(46(8)74-34-29-18-16-13-2)56(65-53)39-51-42(4)48(14-3)55(64-51)38-54-45(7)61-57(69)36-50(62(49)66-52)63(61)67-54/h37-39,43,46-47,49,64-65H,12-36,40-41H2,1-11H3,(H2-,66,67,69,72,73). The van der Waals surface area contributed by atoms with E-state index in [1.54, 1.807) is 0 Å². The minimum absolute atomic E-state index is 0.0335. The molecule has 0 radical (unpaired) electrons. The highest BCUT2D eigenvalue weighted by Crippen LogP contribution is 2.46. The largest absolute Gasteiger partial charge is 0.756 e. The van der Waals surface area contributed by atoms with E-state index in [2.05, 4.69) is 87.0 Å². The van der Waals surface area contributed by atoms with E-state index in [4.69, 9.17) is 23.3 Å². The van der Waals surface area contributed by atoms with Crippen molar-refractivity contribution in [3.63, 3.8) is 0 Å². The number of hydrogen-bond acceptors (Lipinski definition) is 11. The molecule has 2 aliphatic heterocycles. The molecule has 79 heavy (non-hydrogen) atoms. The molecule has 3 aromatic heterocycles. The van der Waals surface area contributed by atoms with Gasteiger partial charge in [-0.05, 0) is 93.9 Å². The Hall–Kier alpha value is -4.50. The van der Waals surface area contributed by atoms with Crippen LogP contribution < -0.4 is 20.9 Å². The maximum atomic E-state index is 14.1. The van der Waals surface area contributed by atoms with Gasteiger partial charge in [-0.15, -0.1) is 0 Å². The molecule has 5 heterocycles. The Labute approximate surface area is 472 Å². The lowest BCUT2D eigenvalue weighted by atomic mass is 9.86. The predicted octanol–water partition coefficient (Wildman–Crippen LogP) is 11.9. The number of unbranched alkanes of at least 4 members (excludes halogenated alkanes) is 15. The summed E-state index contributed by atoms with van der Waals surface area (Å²) in [5.41, 5.74) is 12.3. The van der Waals surface area contributed by atoms with Crippen LogP contribution >= 0.6 is 7.82 Å². The van der Waals surface area contributed by atoms with Gasteiger partial charge in [-0.2, -0.15) is 0 Å². The molecule has 6 rings (SSSR count). The van der Waals surface area contributed by atoms with Crippen molar-refractivity contribution in [1.29, 1.82) is 0 Å². The highest BCUT2D eigenvalue weighted by Gasteiger charge is 2.40. The number of rotatable bonds is 35. The Morgan fingerprint density at radius 2 is 1.34 bits per heavy atom. The molecular formula is C63H98N5O10P. The van der Waals surface area contributed by atoms with Crippen molar-refractivity contribution >= 4 is 49.3 Å². The number of aromatic nitrogens is 3. The van der Waals surface area contributed by atoms with Gasteiger partial charge in [0.15, 0.2) is 11.9 Å². The van der Waals surface area contributed by atoms with Gasteiger partial charge in [0.1, 0.15) is 19.8 Å². The summed E-state index contributed by atoms with van der Waals surface area (Å²) in [6, 6.07) is 0. The maximum Gasteiger partial charge on any atom is 0.306 e. The molecule has 1 fully saturated rings. The molecule has 1 aliphatic carbocycles. The van der Waals surface area contributed by atoms with E-state index >= 15 is 0 Å². The smallest absolute Gasteiger partial charge is 0.306 e. The van der Waals surface area contributed by atoms with Crippen LogP contribution in [0.15, 0.2) is 11.4 Å². The zero-order valence-corrected chi connectivity index (χ0v) is 51.0. The van der Waals surface area contributed by atoms with Crippen LogP contribution in [0.5, 0.6) is 0 Å². The second-order valence-electron chi connectivity index (χ2n) is 23.7. The van der Waals surface area contributed by atoms with Crippen molar-refractivity contribution in [1.82, 2.24) is 20.3 Å². The van der Waals surface area contributed by atoms with Gasteiger partial charge in [0.05, 0.1) is 39.5 Å². The zero-order chi connectivity index (χ0) is 57.3. The minimum atomic E-state index is -4.80. The first-order valence-electron chi connectivity index (χ1n) is 30.2. The molecule has 3 aliphatic rings. The molecule has 0 aromatic carbocycles. The number of likely N-dealkylation sites (N-methyl/N-ethyl adjacent to an activating group) is 1. The average molecular weight is 1120 g/mol. The normalized spacial score (nSPS) is 17.5. The van der Waals surface area contributed by atoms with Gasteiger partial charge < -0.3 is 52.9 Å². The van der Waals surface area contributed by atoms with Gasteiger partial charge in [-0.25, -0.2) is 0 Å². The number of nitrogens with zero attached hydrogens (tertiary/aromatic N) is 1. The first kappa shape index (κ1) is 63.7. The fourth-order valence-corrected chi connectivity index (χ4v) is 12.3. The number of carbonyl (C=O) groups excluding carboxylic acids is 3. The first-order chi connectivity index (χ1) is 37.7. The lowest BCUT2D eigenvalue weighted by Crippen LogP contribution is -2.37. The molecule has 3 aromatic rings. The number of hydrogen-bond donors (Lipinski definition) is 4. The van der Waals surface area contributed by atoms with Gasteiger partial charge in [0.25, 0.3) is 7.82 Å². The van der Waals surface area contributed by atoms with Crippen LogP contribution in [0.2, 0.25) is 0 Å². The SMILES string of the molecule is CCCCCCCCCCCCCCCC(=O)OCC(COP(=O)([O-])OCC[N+](C)(C)C)OC(=O)CCC1C2=C3CC(=O)c4c3[nH]c(c4C)C=c3[nH]c(c(C)c3CC)=Cc3[nH]c(c(C)c3C(C)OCCCCCC)C=C(N2)C1C. The predicted molar refractivity (Wildman–Crippen MR) is 313 cm³/mol. The third-order valence-corrected chi connectivity index (χ3v) is 17.4. The van der Waals surface area contributed by atoms with Gasteiger partial charge in [-0.1, -0.05) is 124 Å². The molecule has 440 valence electrons. The number of fused-ring (bicyclic) bond motifs is 7. The third-order valence-electron chi connectivity index (χ3n) is 16.4. The average Bonchev–Trinajstić information content (AvgIpc) is 4.36. The lowest BCUT2D eigenvalue weighted by Gasteiger charge is -2.28. The highest BCUT2D eigenvalue weighted by molar-refractivity contribution is 7.45. The fourth-order valence-electron chi connectivity index (χ4n) is 11.6. The van der Waals surface area contributed by atoms with E-state index in [0.29, 0.717) is 36.0 Å². The molecule has 0 amide bonds. The summed E-state index contributed by atoms with van der Waals surface area (Å²) in [6.45, 7) is 17.2. The van der Waals surface area contributed by atoms with Crippen LogP contribution in [0, 0.1) is 32.6 Å². The molecule has 4 N–H and O–H groups in total. The number of aromatic amines is 3. The van der Waals surface area contributed by atoms with Crippen LogP contribution in [0.4, 0.5) is 0 Å². The monoisotopic (exact) mass is 1120 g/mol. The quantitative estimate of drug-likeness (QED) is 0.0189. The van der Waals surface area contributed by atoms with Crippen molar-refractivity contribution in [2.45, 2.75) is 209 Å². The van der Waals surface area contributed by atoms with Crippen molar-refractivity contribution in [3.8, 4) is 0 Å². The number of Topliss-reactive ketones (excluding diaryl/α,β-unsaturated/α-hetero) is 1. The Morgan fingerprint density at radius 1 is 0.722 bits per heavy atom. The number of phosphoric acid groups is 1. The van der Waals surface area contributed by atoms with Gasteiger partial charge in [-0.3, -0.25) is 18.9 Å². The number of carbonyl (C=O) groups is 3. The van der Waals surface area contributed by atoms with E-state index < -0.39 is 32.5 Å². The summed E-state index contributed by atoms with van der Waals surface area (Å²) in [5.74, 6) is -1.38. The Morgan fingerprint density at radius 3 is 1.99 bits per heavy atom. The molecule has 5 unspecified atom stereocenters. The Bertz CT molecular complexity index is 2760. The molecule has 8 bridgehead atoms. The molecule has 1 saturated heterocycles. The second kappa shape index (κ2) is 30.5. The van der Waals surface area contributed by atoms with Crippen molar-refractivity contribution in [2.75, 3.05) is 54.1 Å². The lowest BCUT2D eigenvalue weighted by molar-refractivity contribution is -0.870. The summed E-state index contributed by atoms with van der Waals surface area (Å²) in [7, 11) is 0.961. The zero-order valence-electron chi connectivity index (χ0n) is 50.1. The topological polar surface area (TPSA) is 197 Å². The Kier molecular flexibility index (Phi) is 24.6. The van der Waals surface area contributed by atoms with Crippen LogP contribution in [0.25, 0.3) is 23.8 Å². The van der Waals surface area contributed by atoms with Crippen molar-refractivity contribution < 1.29 is 51.6 Å². The first-order valence-corrected chi connectivity index (χ1v) is 31.7. The van der Waals surface area contributed by atoms with Gasteiger partial charge >= 0.3 is 11.9 Å². The van der Waals surface area contributed by atoms with E-state index in [9.17, 15) is 23.8 Å². The number of ether oxygens (including phenoxy) is 3. The highest BCUT2D eigenvalue weighted by atomic mass is 31.2. The summed E-state index contributed by atoms with van der Waals surface area (Å²) in [6.07, 6.45) is 26.5. The van der Waals surface area contributed by atoms with E-state index in [0.717, 1.165) is 112 Å². The van der Waals surface area contributed by atoms with E-state index in [-0.39, 0.29) is 56.2 Å². The molecule has 5 atom stereocenters. The summed E-state index contributed by atoms with van der Waals surface area (Å²) in [4.78, 5) is 65.3. The molecular weight excluding hydrogens is 1020 g/mol. The summed E-state index contributed by atoms with van der Waals surface area (Å²) >= 11 is 0. The van der Waals surface area contributed by atoms with Crippen LogP contribution in [0.1, 0.15) is 237 Å². The van der Waals surface area contributed by atoms with Crippen molar-refractivity contribution in [3.05, 3.63) is 78.2 Å². The molecule has 15 nitrogen and oxygen atoms in total. The van der Waals surface area contributed by atoms with Gasteiger partial charge in [0, 0.05) is 93.6 Å². The fraction of sp³-hybridized carbons (Fsp3) is 0.667. The van der Waals surface area contributed by atoms with E-state index in [1.165, 1.54) is 75.3 Å². The van der Waals surface area contributed by atoms with Crippen LogP contribution in [0.3, 0.4) is 0 Å². The van der Waals surface area contributed by atoms with E-state index in [1.807, 2.05) is 28.1 Å². The second-order valence-corrected chi connectivity index (χ2v) is 25.1. The Balaban J connectivity index is 1.21. The number of nitrogens with one attached hydrogen (secondary N) is 4. The molecule has 0 saturated carbocycles. The minimum Gasteiger partial charge on any atom is -0.756 e. The number of allylic oxidation sites excluding steroid dienone is 3. The third kappa shape index (κ3) is 18.2. The van der Waals surface area contributed by atoms with Gasteiger partial charge in [0.2, 0.25) is 0 Å². The summed E-state index contributed by atoms with van der Waals surface area (Å²) < 4.78 is 42.0. The number of phosphoric ester groups is 1. The maximum absolute atomic E-state index is 14.1. The number of quaternary nitrogens is 1.